The van der Waals surface area contributed by atoms with E-state index in [1.54, 1.807) is 12.1 Å². The summed E-state index contributed by atoms with van der Waals surface area (Å²) in [4.78, 5) is 30.0. The van der Waals surface area contributed by atoms with Gasteiger partial charge in [0.15, 0.2) is 5.82 Å². The van der Waals surface area contributed by atoms with E-state index >= 15 is 0 Å². The quantitative estimate of drug-likeness (QED) is 0.711. The van der Waals surface area contributed by atoms with E-state index in [0.717, 1.165) is 37.1 Å². The summed E-state index contributed by atoms with van der Waals surface area (Å²) in [5.41, 5.74) is 1.90. The van der Waals surface area contributed by atoms with Crippen LogP contribution in [0.4, 0.5) is 5.69 Å². The van der Waals surface area contributed by atoms with Gasteiger partial charge in [0.25, 0.3) is 11.8 Å². The Hall–Kier alpha value is -2.83. The van der Waals surface area contributed by atoms with Crippen molar-refractivity contribution < 1.29 is 14.3 Å². The summed E-state index contributed by atoms with van der Waals surface area (Å²) in [5.74, 6) is 1.06. The van der Waals surface area contributed by atoms with Crippen LogP contribution in [0.15, 0.2) is 24.3 Å². The van der Waals surface area contributed by atoms with Gasteiger partial charge in [0.05, 0.1) is 12.3 Å². The third kappa shape index (κ3) is 5.16. The number of hydrogen-bond donors (Lipinski definition) is 2. The minimum Gasteiger partial charge on any atom is -0.494 e. The number of nitrogens with one attached hydrogen (secondary N) is 2. The number of anilines is 1. The van der Waals surface area contributed by atoms with E-state index < -0.39 is 0 Å². The van der Waals surface area contributed by atoms with Gasteiger partial charge in [-0.25, -0.2) is 4.98 Å². The molecule has 2 N–H and O–H groups in total. The molecule has 29 heavy (non-hydrogen) atoms. The van der Waals surface area contributed by atoms with Crippen LogP contribution >= 0.6 is 0 Å². The van der Waals surface area contributed by atoms with Crippen molar-refractivity contribution in [2.24, 2.45) is 5.92 Å². The zero-order chi connectivity index (χ0) is 20.8. The van der Waals surface area contributed by atoms with Crippen LogP contribution in [0.1, 0.15) is 66.8 Å². The monoisotopic (exact) mass is 398 g/mol. The largest absolute Gasteiger partial charge is 0.494 e. The summed E-state index contributed by atoms with van der Waals surface area (Å²) in [5, 5.41) is 5.82. The average Bonchev–Trinajstić information content (AvgIpc) is 3.09. The number of aromatic nitrogens is 2. The second-order valence-electron chi connectivity index (χ2n) is 7.69. The number of ether oxygens (including phenoxy) is 1. The molecule has 156 valence electrons. The minimum absolute atomic E-state index is 0.198. The molecular weight excluding hydrogens is 368 g/mol. The normalized spacial score (nSPS) is 13.1. The SMILES string of the molecule is CCOc1ccc(NC(=O)c2nc(C(=O)NCCC(C)C)c3n2CCCC3)cc1. The molecule has 1 aromatic heterocycles. The first kappa shape index (κ1) is 20.9. The van der Waals surface area contributed by atoms with Gasteiger partial charge in [-0.1, -0.05) is 13.8 Å². The molecule has 0 spiro atoms. The second-order valence-corrected chi connectivity index (χ2v) is 7.69. The van der Waals surface area contributed by atoms with Crippen LogP contribution in [0.25, 0.3) is 0 Å². The summed E-state index contributed by atoms with van der Waals surface area (Å²) >= 11 is 0. The Morgan fingerprint density at radius 3 is 2.62 bits per heavy atom. The number of hydrogen-bond acceptors (Lipinski definition) is 4. The highest BCUT2D eigenvalue weighted by Crippen LogP contribution is 2.22. The van der Waals surface area contributed by atoms with E-state index in [4.69, 9.17) is 4.74 Å². The van der Waals surface area contributed by atoms with Crippen LogP contribution in [0.2, 0.25) is 0 Å². The smallest absolute Gasteiger partial charge is 0.291 e. The number of nitrogens with zero attached hydrogens (tertiary/aromatic N) is 2. The van der Waals surface area contributed by atoms with Crippen LogP contribution < -0.4 is 15.4 Å². The highest BCUT2D eigenvalue weighted by atomic mass is 16.5. The predicted octanol–water partition coefficient (Wildman–Crippen LogP) is 3.65. The van der Waals surface area contributed by atoms with Crippen molar-refractivity contribution in [3.63, 3.8) is 0 Å². The van der Waals surface area contributed by atoms with Gasteiger partial charge in [-0.05, 0) is 62.8 Å². The molecule has 1 aliphatic heterocycles. The molecule has 0 fully saturated rings. The van der Waals surface area contributed by atoms with E-state index in [0.29, 0.717) is 42.8 Å². The molecule has 7 nitrogen and oxygen atoms in total. The summed E-state index contributed by atoms with van der Waals surface area (Å²) in [6, 6.07) is 7.21. The molecule has 2 heterocycles. The highest BCUT2D eigenvalue weighted by Gasteiger charge is 2.27. The van der Waals surface area contributed by atoms with Crippen LogP contribution in [0.5, 0.6) is 5.75 Å². The number of imidazole rings is 1. The van der Waals surface area contributed by atoms with Crippen molar-refractivity contribution in [2.45, 2.75) is 53.0 Å². The molecule has 0 radical (unpaired) electrons. The fraction of sp³-hybridized carbons (Fsp3) is 0.500. The molecule has 0 bridgehead atoms. The zero-order valence-corrected chi connectivity index (χ0v) is 17.5. The number of carbonyl (C=O) groups is 2. The average molecular weight is 399 g/mol. The van der Waals surface area contributed by atoms with Crippen molar-refractivity contribution in [3.8, 4) is 5.75 Å². The Morgan fingerprint density at radius 2 is 1.93 bits per heavy atom. The van der Waals surface area contributed by atoms with Crippen molar-refractivity contribution in [3.05, 3.63) is 41.5 Å². The standard InChI is InChI=1S/C22H30N4O3/c1-4-29-17-10-8-16(9-11-17)24-22(28)20-25-19(18-7-5-6-14-26(18)20)21(27)23-13-12-15(2)3/h8-11,15H,4-7,12-14H2,1-3H3,(H,23,27)(H,24,28). The first-order chi connectivity index (χ1) is 14.0. The molecule has 7 heteroatoms. The lowest BCUT2D eigenvalue weighted by molar-refractivity contribution is 0.0946. The van der Waals surface area contributed by atoms with Gasteiger partial charge in [0.1, 0.15) is 11.4 Å². The third-order valence-electron chi connectivity index (χ3n) is 4.97. The van der Waals surface area contributed by atoms with Crippen LogP contribution in [-0.2, 0) is 13.0 Å². The van der Waals surface area contributed by atoms with Crippen molar-refractivity contribution in [1.82, 2.24) is 14.9 Å². The molecule has 2 aromatic rings. The fourth-order valence-electron chi connectivity index (χ4n) is 3.44. The Kier molecular flexibility index (Phi) is 6.90. The van der Waals surface area contributed by atoms with E-state index in [2.05, 4.69) is 29.5 Å². The molecule has 0 aliphatic carbocycles. The van der Waals surface area contributed by atoms with Gasteiger partial charge >= 0.3 is 0 Å². The number of carbonyl (C=O) groups excluding carboxylic acids is 2. The van der Waals surface area contributed by atoms with Crippen LogP contribution in [0.3, 0.4) is 0 Å². The highest BCUT2D eigenvalue weighted by molar-refractivity contribution is 6.03. The summed E-state index contributed by atoms with van der Waals surface area (Å²) < 4.78 is 7.32. The number of benzene rings is 1. The van der Waals surface area contributed by atoms with E-state index in [9.17, 15) is 9.59 Å². The number of fused-ring (bicyclic) bond motifs is 1. The molecule has 0 unspecified atom stereocenters. The van der Waals surface area contributed by atoms with E-state index in [-0.39, 0.29) is 11.8 Å². The van der Waals surface area contributed by atoms with Crippen LogP contribution in [-0.4, -0.2) is 34.5 Å². The lowest BCUT2D eigenvalue weighted by Crippen LogP contribution is -2.27. The minimum atomic E-state index is -0.307. The molecule has 3 rings (SSSR count). The molecule has 1 aromatic carbocycles. The summed E-state index contributed by atoms with van der Waals surface area (Å²) in [6.07, 6.45) is 3.64. The first-order valence-corrected chi connectivity index (χ1v) is 10.4. The second kappa shape index (κ2) is 9.58. The van der Waals surface area contributed by atoms with Gasteiger partial charge in [-0.3, -0.25) is 9.59 Å². The fourth-order valence-corrected chi connectivity index (χ4v) is 3.44. The van der Waals surface area contributed by atoms with Crippen molar-refractivity contribution in [1.29, 1.82) is 0 Å². The maximum Gasteiger partial charge on any atom is 0.291 e. The van der Waals surface area contributed by atoms with E-state index in [1.807, 2.05) is 23.6 Å². The lowest BCUT2D eigenvalue weighted by Gasteiger charge is -2.17. The molecule has 1 aliphatic rings. The molecule has 0 saturated heterocycles. The molecule has 2 amide bonds. The summed E-state index contributed by atoms with van der Waals surface area (Å²) in [7, 11) is 0. The number of rotatable bonds is 8. The van der Waals surface area contributed by atoms with Crippen molar-refractivity contribution >= 4 is 17.5 Å². The molecule has 0 atom stereocenters. The Labute approximate surface area is 171 Å². The molecular formula is C22H30N4O3. The van der Waals surface area contributed by atoms with Gasteiger partial charge in [0, 0.05) is 18.8 Å². The third-order valence-corrected chi connectivity index (χ3v) is 4.97. The van der Waals surface area contributed by atoms with E-state index in [1.165, 1.54) is 0 Å². The Balaban J connectivity index is 1.76. The Bertz CT molecular complexity index is 856. The van der Waals surface area contributed by atoms with Gasteiger partial charge < -0.3 is 19.9 Å². The Morgan fingerprint density at radius 1 is 1.17 bits per heavy atom. The lowest BCUT2D eigenvalue weighted by atomic mass is 10.1. The van der Waals surface area contributed by atoms with Gasteiger partial charge in [0.2, 0.25) is 0 Å². The van der Waals surface area contributed by atoms with Gasteiger partial charge in [-0.15, -0.1) is 0 Å². The zero-order valence-electron chi connectivity index (χ0n) is 17.5. The predicted molar refractivity (Wildman–Crippen MR) is 113 cm³/mol. The first-order valence-electron chi connectivity index (χ1n) is 10.4. The summed E-state index contributed by atoms with van der Waals surface area (Å²) in [6.45, 7) is 8.06. The maximum absolute atomic E-state index is 12.9. The molecule has 0 saturated carbocycles. The van der Waals surface area contributed by atoms with Crippen molar-refractivity contribution in [2.75, 3.05) is 18.5 Å². The van der Waals surface area contributed by atoms with Crippen LogP contribution in [0, 0.1) is 5.92 Å². The number of amides is 2. The maximum atomic E-state index is 12.9. The topological polar surface area (TPSA) is 85.2 Å². The van der Waals surface area contributed by atoms with Gasteiger partial charge in [-0.2, -0.15) is 0 Å².